The van der Waals surface area contributed by atoms with Gasteiger partial charge in [-0.05, 0) is 29.7 Å². The fraction of sp³-hybridized carbons (Fsp3) is 0.435. The molecule has 7 nitrogen and oxygen atoms in total. The summed E-state index contributed by atoms with van der Waals surface area (Å²) in [4.78, 5) is 13.8. The van der Waals surface area contributed by atoms with Crippen molar-refractivity contribution in [2.45, 2.75) is 37.0 Å². The van der Waals surface area contributed by atoms with Crippen LogP contribution in [0.15, 0.2) is 42.5 Å². The third kappa shape index (κ3) is 5.06. The van der Waals surface area contributed by atoms with Crippen molar-refractivity contribution >= 4 is 16.1 Å². The van der Waals surface area contributed by atoms with Gasteiger partial charge in [0.1, 0.15) is 23.8 Å². The Labute approximate surface area is 200 Å². The fourth-order valence-corrected chi connectivity index (χ4v) is 5.12. The molecule has 3 atom stereocenters. The van der Waals surface area contributed by atoms with Crippen LogP contribution in [0.1, 0.15) is 12.0 Å². The molecule has 35 heavy (non-hydrogen) atoms. The molecule has 2 heterocycles. The third-order valence-corrected chi connectivity index (χ3v) is 7.79. The van der Waals surface area contributed by atoms with E-state index in [2.05, 4.69) is 0 Å². The fourth-order valence-electron chi connectivity index (χ4n) is 4.26. The van der Waals surface area contributed by atoms with Gasteiger partial charge in [-0.2, -0.15) is 17.4 Å². The number of likely N-dealkylation sites (tertiary alicyclic amines) is 1. The summed E-state index contributed by atoms with van der Waals surface area (Å²) in [5.74, 6) is -5.66. The second kappa shape index (κ2) is 9.49. The van der Waals surface area contributed by atoms with Crippen LogP contribution in [0.25, 0.3) is 11.1 Å². The monoisotopic (exact) mass is 515 g/mol. The van der Waals surface area contributed by atoms with Crippen LogP contribution in [0.4, 0.5) is 17.6 Å². The summed E-state index contributed by atoms with van der Waals surface area (Å²) in [5, 5.41) is 0. The minimum Gasteiger partial charge on any atom is -0.368 e. The van der Waals surface area contributed by atoms with Crippen molar-refractivity contribution in [3.8, 4) is 11.1 Å². The van der Waals surface area contributed by atoms with E-state index in [0.717, 1.165) is 15.3 Å². The number of amides is 1. The van der Waals surface area contributed by atoms with Crippen molar-refractivity contribution in [1.82, 2.24) is 13.9 Å². The highest BCUT2D eigenvalue weighted by atomic mass is 32.2. The molecule has 2 fully saturated rings. The number of ether oxygens (including phenoxy) is 1. The van der Waals surface area contributed by atoms with E-state index in [-0.39, 0.29) is 16.7 Å². The van der Waals surface area contributed by atoms with Crippen LogP contribution in [0.5, 0.6) is 0 Å². The normalized spacial score (nSPS) is 24.0. The molecule has 0 spiro atoms. The number of nitrogens with zero attached hydrogens (tertiary/aromatic N) is 2. The Kier molecular flexibility index (Phi) is 6.93. The van der Waals surface area contributed by atoms with Crippen molar-refractivity contribution in [2.24, 2.45) is 0 Å². The maximum Gasteiger partial charge on any atom is 0.283 e. The molecule has 0 unspecified atom stereocenters. The molecule has 0 aliphatic carbocycles. The lowest BCUT2D eigenvalue weighted by Gasteiger charge is -2.34. The predicted octanol–water partition coefficient (Wildman–Crippen LogP) is 2.57. The summed E-state index contributed by atoms with van der Waals surface area (Å²) in [7, 11) is -1.95. The summed E-state index contributed by atoms with van der Waals surface area (Å²) in [6, 6.07) is 6.16. The molecule has 4 rings (SSSR count). The number of halogens is 4. The standard InChI is InChI=1S/C23H25F4N3O4S/c1-29(2)35(32,33)28-21-18(30(13-23(21,26)27)22(31)19-9-10-34-19)12-15-6-4-8-17(20(15)25)14-5-3-7-16(24)11-14/h3-8,11,18-19,21,28H,9-10,12-13H2,1-2H3/t18-,19-,21+/m0/s1. The first kappa shape index (κ1) is 25.5. The molecule has 12 heteroatoms. The summed E-state index contributed by atoms with van der Waals surface area (Å²) in [6.45, 7) is -0.728. The Morgan fingerprint density at radius 2 is 1.89 bits per heavy atom. The van der Waals surface area contributed by atoms with Gasteiger partial charge in [0, 0.05) is 26.1 Å². The van der Waals surface area contributed by atoms with Gasteiger partial charge >= 0.3 is 0 Å². The minimum absolute atomic E-state index is 0.0177. The van der Waals surface area contributed by atoms with E-state index in [0.29, 0.717) is 13.0 Å². The number of nitrogens with one attached hydrogen (secondary N) is 1. The molecule has 0 bridgehead atoms. The number of alkyl halides is 2. The zero-order chi connectivity index (χ0) is 25.5. The van der Waals surface area contributed by atoms with E-state index in [4.69, 9.17) is 4.74 Å². The predicted molar refractivity (Wildman–Crippen MR) is 120 cm³/mol. The van der Waals surface area contributed by atoms with Crippen LogP contribution in [0.3, 0.4) is 0 Å². The molecule has 1 N–H and O–H groups in total. The number of carbonyl (C=O) groups excluding carboxylic acids is 1. The van der Waals surface area contributed by atoms with Gasteiger partial charge in [-0.15, -0.1) is 0 Å². The first-order valence-corrected chi connectivity index (χ1v) is 12.4. The van der Waals surface area contributed by atoms with Crippen LogP contribution >= 0.6 is 0 Å². The Morgan fingerprint density at radius 1 is 1.20 bits per heavy atom. The Morgan fingerprint density at radius 3 is 2.49 bits per heavy atom. The van der Waals surface area contributed by atoms with Crippen molar-refractivity contribution in [3.05, 3.63) is 59.7 Å². The van der Waals surface area contributed by atoms with E-state index in [9.17, 15) is 17.6 Å². The molecular weight excluding hydrogens is 490 g/mol. The van der Waals surface area contributed by atoms with Gasteiger partial charge in [-0.3, -0.25) is 4.79 Å². The summed E-state index contributed by atoms with van der Waals surface area (Å²) in [6.07, 6.45) is -0.949. The molecule has 2 aromatic rings. The molecule has 0 aromatic heterocycles. The smallest absolute Gasteiger partial charge is 0.283 e. The van der Waals surface area contributed by atoms with E-state index >= 15 is 13.2 Å². The summed E-state index contributed by atoms with van der Waals surface area (Å²) in [5.41, 5.74) is 0.287. The number of carbonyl (C=O) groups is 1. The van der Waals surface area contributed by atoms with Crippen molar-refractivity contribution in [3.63, 3.8) is 0 Å². The average molecular weight is 516 g/mol. The molecule has 2 aliphatic heterocycles. The quantitative estimate of drug-likeness (QED) is 0.575. The molecule has 2 saturated heterocycles. The van der Waals surface area contributed by atoms with E-state index in [1.54, 1.807) is 0 Å². The lowest BCUT2D eigenvalue weighted by molar-refractivity contribution is -0.158. The van der Waals surface area contributed by atoms with Gasteiger partial charge in [0.05, 0.1) is 19.2 Å². The Balaban J connectivity index is 1.73. The van der Waals surface area contributed by atoms with Gasteiger partial charge in [-0.1, -0.05) is 30.3 Å². The lowest BCUT2D eigenvalue weighted by Crippen LogP contribution is -2.55. The lowest BCUT2D eigenvalue weighted by atomic mass is 9.95. The molecule has 0 radical (unpaired) electrons. The van der Waals surface area contributed by atoms with Gasteiger partial charge in [-0.25, -0.2) is 17.6 Å². The summed E-state index contributed by atoms with van der Waals surface area (Å²) >= 11 is 0. The average Bonchev–Trinajstić information content (AvgIpc) is 2.98. The number of rotatable bonds is 7. The molecule has 0 saturated carbocycles. The van der Waals surface area contributed by atoms with Gasteiger partial charge in [0.2, 0.25) is 0 Å². The second-order valence-corrected chi connectivity index (χ2v) is 10.7. The SMILES string of the molecule is CN(C)S(=O)(=O)N[C@@H]1[C@H](Cc2cccc(-c3cccc(F)c3)c2F)N(C(=O)[C@@H]2CCO2)CC1(F)F. The largest absolute Gasteiger partial charge is 0.368 e. The molecule has 190 valence electrons. The van der Waals surface area contributed by atoms with Gasteiger partial charge < -0.3 is 9.64 Å². The minimum atomic E-state index is -4.31. The third-order valence-electron chi connectivity index (χ3n) is 6.28. The van der Waals surface area contributed by atoms with Crippen LogP contribution in [0, 0.1) is 11.6 Å². The second-order valence-electron chi connectivity index (χ2n) is 8.82. The topological polar surface area (TPSA) is 79.0 Å². The van der Waals surface area contributed by atoms with Crippen LogP contribution in [-0.4, -0.2) is 74.9 Å². The maximum atomic E-state index is 15.5. The number of hydrogen-bond donors (Lipinski definition) is 1. The summed E-state index contributed by atoms with van der Waals surface area (Å²) < 4.78 is 92.2. The molecular formula is C23H25F4N3O4S. The highest BCUT2D eigenvalue weighted by molar-refractivity contribution is 7.87. The Hall–Kier alpha value is -2.54. The molecule has 1 amide bonds. The molecule has 2 aromatic carbocycles. The highest BCUT2D eigenvalue weighted by Crippen LogP contribution is 2.37. The zero-order valence-electron chi connectivity index (χ0n) is 19.0. The molecule has 2 aliphatic rings. The van der Waals surface area contributed by atoms with Crippen LogP contribution in [0.2, 0.25) is 0 Å². The van der Waals surface area contributed by atoms with Crippen molar-refractivity contribution < 1.29 is 35.5 Å². The zero-order valence-corrected chi connectivity index (χ0v) is 19.9. The van der Waals surface area contributed by atoms with E-state index in [1.807, 2.05) is 4.72 Å². The Bertz CT molecular complexity index is 1220. The van der Waals surface area contributed by atoms with Crippen molar-refractivity contribution in [2.75, 3.05) is 27.2 Å². The van der Waals surface area contributed by atoms with E-state index in [1.165, 1.54) is 50.5 Å². The van der Waals surface area contributed by atoms with E-state index < -0.39 is 64.8 Å². The first-order valence-electron chi connectivity index (χ1n) is 10.9. The number of hydrogen-bond acceptors (Lipinski definition) is 4. The number of benzene rings is 2. The van der Waals surface area contributed by atoms with Crippen molar-refractivity contribution in [1.29, 1.82) is 0 Å². The highest BCUT2D eigenvalue weighted by Gasteiger charge is 2.58. The van der Waals surface area contributed by atoms with Gasteiger partial charge in [0.15, 0.2) is 0 Å². The van der Waals surface area contributed by atoms with Crippen LogP contribution < -0.4 is 4.72 Å². The first-order chi connectivity index (χ1) is 16.4. The van der Waals surface area contributed by atoms with Gasteiger partial charge in [0.25, 0.3) is 22.0 Å². The van der Waals surface area contributed by atoms with Crippen LogP contribution in [-0.2, 0) is 26.2 Å². The maximum absolute atomic E-state index is 15.5.